The molecule has 31 heavy (non-hydrogen) atoms. The molecular formula is C25H27NO4S. The number of sulfonamides is 1. The highest BCUT2D eigenvalue weighted by Crippen LogP contribution is 2.21. The molecule has 0 aromatic heterocycles. The fourth-order valence-corrected chi connectivity index (χ4v) is 4.23. The molecule has 0 saturated heterocycles. The van der Waals surface area contributed by atoms with Crippen LogP contribution in [0.2, 0.25) is 0 Å². The summed E-state index contributed by atoms with van der Waals surface area (Å²) < 4.78 is 26.3. The smallest absolute Gasteiger partial charge is 0.303 e. The van der Waals surface area contributed by atoms with Crippen molar-refractivity contribution in [2.75, 3.05) is 6.26 Å². The van der Waals surface area contributed by atoms with Crippen molar-refractivity contribution in [2.24, 2.45) is 0 Å². The van der Waals surface area contributed by atoms with Gasteiger partial charge in [-0.05, 0) is 40.7 Å². The van der Waals surface area contributed by atoms with Crippen LogP contribution in [0.5, 0.6) is 0 Å². The number of rotatable bonds is 10. The van der Waals surface area contributed by atoms with Gasteiger partial charge in [-0.1, -0.05) is 78.9 Å². The van der Waals surface area contributed by atoms with E-state index >= 15 is 0 Å². The molecule has 0 spiro atoms. The zero-order valence-corrected chi connectivity index (χ0v) is 18.4. The second-order valence-electron chi connectivity index (χ2n) is 7.66. The van der Waals surface area contributed by atoms with Crippen LogP contribution in [0.1, 0.15) is 29.5 Å². The van der Waals surface area contributed by atoms with Crippen LogP contribution in [-0.4, -0.2) is 30.1 Å². The van der Waals surface area contributed by atoms with Crippen molar-refractivity contribution >= 4 is 16.0 Å². The van der Waals surface area contributed by atoms with Crippen LogP contribution in [0.4, 0.5) is 0 Å². The van der Waals surface area contributed by atoms with E-state index in [4.69, 9.17) is 5.11 Å². The summed E-state index contributed by atoms with van der Waals surface area (Å²) in [6, 6.07) is 25.7. The van der Waals surface area contributed by atoms with Gasteiger partial charge in [-0.2, -0.15) is 4.31 Å². The normalized spacial score (nSPS) is 11.5. The summed E-state index contributed by atoms with van der Waals surface area (Å²) in [7, 11) is -3.41. The maximum atomic E-state index is 12.4. The van der Waals surface area contributed by atoms with Gasteiger partial charge >= 0.3 is 5.97 Å². The second-order valence-corrected chi connectivity index (χ2v) is 9.64. The summed E-state index contributed by atoms with van der Waals surface area (Å²) in [6.45, 7) is 0.559. The third-order valence-electron chi connectivity index (χ3n) is 5.10. The van der Waals surface area contributed by atoms with Crippen molar-refractivity contribution in [3.05, 3.63) is 95.6 Å². The average molecular weight is 438 g/mol. The molecule has 162 valence electrons. The number of carbonyl (C=O) groups is 1. The zero-order valence-electron chi connectivity index (χ0n) is 17.6. The van der Waals surface area contributed by atoms with Gasteiger partial charge in [0, 0.05) is 19.5 Å². The van der Waals surface area contributed by atoms with Gasteiger partial charge in [0.25, 0.3) is 0 Å². The molecule has 0 amide bonds. The molecule has 3 aromatic rings. The van der Waals surface area contributed by atoms with Crippen molar-refractivity contribution in [1.82, 2.24) is 4.31 Å². The molecule has 0 aliphatic carbocycles. The SMILES string of the molecule is CS(=O)(=O)N(Cc1ccc(-c2ccccc2)cc1)Cc1cccc(CCCC(=O)O)c1. The third-order valence-corrected chi connectivity index (χ3v) is 6.29. The molecule has 0 aliphatic heterocycles. The third kappa shape index (κ3) is 7.05. The first-order valence-electron chi connectivity index (χ1n) is 10.2. The number of aryl methyl sites for hydroxylation is 1. The molecular weight excluding hydrogens is 410 g/mol. The Kier molecular flexibility index (Phi) is 7.60. The topological polar surface area (TPSA) is 74.7 Å². The summed E-state index contributed by atoms with van der Waals surface area (Å²) >= 11 is 0. The van der Waals surface area contributed by atoms with E-state index < -0.39 is 16.0 Å². The standard InChI is InChI=1S/C25H27NO4S/c1-31(29,30)26(19-22-9-5-7-20(17-22)8-6-12-25(27)28)18-21-13-15-24(16-14-21)23-10-3-2-4-11-23/h2-5,7,9-11,13-17H,6,8,12,18-19H2,1H3,(H,27,28). The first-order valence-corrected chi connectivity index (χ1v) is 12.1. The van der Waals surface area contributed by atoms with E-state index in [0.717, 1.165) is 27.8 Å². The van der Waals surface area contributed by atoms with E-state index in [1.807, 2.05) is 78.9 Å². The molecule has 3 aromatic carbocycles. The van der Waals surface area contributed by atoms with Gasteiger partial charge in [0.2, 0.25) is 10.0 Å². The molecule has 3 rings (SSSR count). The summed E-state index contributed by atoms with van der Waals surface area (Å²) in [5.41, 5.74) is 5.03. The Bertz CT molecular complexity index is 1110. The Morgan fingerprint density at radius 3 is 2.06 bits per heavy atom. The van der Waals surface area contributed by atoms with Gasteiger partial charge in [0.05, 0.1) is 6.26 Å². The Labute approximate surface area is 184 Å². The van der Waals surface area contributed by atoms with E-state index in [9.17, 15) is 13.2 Å². The number of carboxylic acid groups (broad SMARTS) is 1. The quantitative estimate of drug-likeness (QED) is 0.498. The summed E-state index contributed by atoms with van der Waals surface area (Å²) in [4.78, 5) is 10.7. The first-order chi connectivity index (χ1) is 14.8. The van der Waals surface area contributed by atoms with Gasteiger partial charge in [0.15, 0.2) is 0 Å². The molecule has 5 nitrogen and oxygen atoms in total. The van der Waals surface area contributed by atoms with Gasteiger partial charge in [-0.3, -0.25) is 4.79 Å². The lowest BCUT2D eigenvalue weighted by Crippen LogP contribution is -2.29. The molecule has 0 heterocycles. The maximum absolute atomic E-state index is 12.4. The molecule has 0 aliphatic rings. The number of benzene rings is 3. The van der Waals surface area contributed by atoms with Gasteiger partial charge in [-0.25, -0.2) is 8.42 Å². The summed E-state index contributed by atoms with van der Waals surface area (Å²) in [5, 5.41) is 8.80. The highest BCUT2D eigenvalue weighted by molar-refractivity contribution is 7.88. The number of carboxylic acids is 1. The Balaban J connectivity index is 1.71. The van der Waals surface area contributed by atoms with E-state index in [1.165, 1.54) is 10.6 Å². The molecule has 0 atom stereocenters. The highest BCUT2D eigenvalue weighted by Gasteiger charge is 2.18. The number of hydrogen-bond donors (Lipinski definition) is 1. The molecule has 1 N–H and O–H groups in total. The van der Waals surface area contributed by atoms with Gasteiger partial charge in [0.1, 0.15) is 0 Å². The van der Waals surface area contributed by atoms with Gasteiger partial charge in [-0.15, -0.1) is 0 Å². The largest absolute Gasteiger partial charge is 0.481 e. The number of aliphatic carboxylic acids is 1. The van der Waals surface area contributed by atoms with E-state index in [2.05, 4.69) is 0 Å². The minimum atomic E-state index is -3.41. The molecule has 0 fully saturated rings. The highest BCUT2D eigenvalue weighted by atomic mass is 32.2. The predicted molar refractivity (Wildman–Crippen MR) is 123 cm³/mol. The maximum Gasteiger partial charge on any atom is 0.303 e. The Morgan fingerprint density at radius 2 is 1.42 bits per heavy atom. The number of nitrogens with zero attached hydrogens (tertiary/aromatic N) is 1. The van der Waals surface area contributed by atoms with E-state index in [-0.39, 0.29) is 19.5 Å². The van der Waals surface area contributed by atoms with Crippen LogP contribution >= 0.6 is 0 Å². The monoisotopic (exact) mass is 437 g/mol. The van der Waals surface area contributed by atoms with Crippen LogP contribution in [0.3, 0.4) is 0 Å². The fourth-order valence-electron chi connectivity index (χ4n) is 3.46. The zero-order chi connectivity index (χ0) is 22.3. The number of hydrogen-bond acceptors (Lipinski definition) is 3. The van der Waals surface area contributed by atoms with Crippen LogP contribution in [0.25, 0.3) is 11.1 Å². The lowest BCUT2D eigenvalue weighted by molar-refractivity contribution is -0.137. The average Bonchev–Trinajstić information content (AvgIpc) is 2.74. The lowest BCUT2D eigenvalue weighted by Gasteiger charge is -2.21. The molecule has 0 bridgehead atoms. The minimum absolute atomic E-state index is 0.124. The van der Waals surface area contributed by atoms with Crippen LogP contribution < -0.4 is 0 Å². The van der Waals surface area contributed by atoms with E-state index in [1.54, 1.807) is 0 Å². The molecule has 6 heteroatoms. The van der Waals surface area contributed by atoms with Crippen molar-refractivity contribution in [3.63, 3.8) is 0 Å². The molecule has 0 unspecified atom stereocenters. The van der Waals surface area contributed by atoms with Crippen molar-refractivity contribution in [1.29, 1.82) is 0 Å². The van der Waals surface area contributed by atoms with Crippen LogP contribution in [-0.2, 0) is 34.3 Å². The molecule has 0 radical (unpaired) electrons. The Hall–Kier alpha value is -2.96. The second kappa shape index (κ2) is 10.4. The van der Waals surface area contributed by atoms with Crippen LogP contribution in [0, 0.1) is 0 Å². The van der Waals surface area contributed by atoms with Crippen molar-refractivity contribution in [3.8, 4) is 11.1 Å². The lowest BCUT2D eigenvalue weighted by atomic mass is 10.0. The predicted octanol–water partition coefficient (Wildman–Crippen LogP) is 4.72. The van der Waals surface area contributed by atoms with Gasteiger partial charge < -0.3 is 5.11 Å². The first kappa shape index (κ1) is 22.7. The summed E-state index contributed by atoms with van der Waals surface area (Å²) in [6.07, 6.45) is 2.56. The fraction of sp³-hybridized carbons (Fsp3) is 0.240. The van der Waals surface area contributed by atoms with E-state index in [0.29, 0.717) is 12.8 Å². The van der Waals surface area contributed by atoms with Crippen LogP contribution in [0.15, 0.2) is 78.9 Å². The Morgan fingerprint density at radius 1 is 0.806 bits per heavy atom. The summed E-state index contributed by atoms with van der Waals surface area (Å²) in [5.74, 6) is -0.808. The van der Waals surface area contributed by atoms with Crippen molar-refractivity contribution in [2.45, 2.75) is 32.4 Å². The minimum Gasteiger partial charge on any atom is -0.481 e. The molecule has 0 saturated carbocycles. The van der Waals surface area contributed by atoms with Crippen molar-refractivity contribution < 1.29 is 18.3 Å².